The maximum Gasteiger partial charge on any atom is 0.643 e. The Kier molecular flexibility index (Phi) is 22.2. The van der Waals surface area contributed by atoms with E-state index < -0.39 is 20.1 Å². The molecule has 0 aliphatic heterocycles. The normalized spacial score (nSPS) is 39.0. The van der Waals surface area contributed by atoms with Crippen molar-refractivity contribution in [1.82, 2.24) is 4.90 Å². The molecule has 460 valence electrons. The van der Waals surface area contributed by atoms with Crippen molar-refractivity contribution in [2.24, 2.45) is 104 Å². The number of ether oxygens (including phenoxy) is 3. The van der Waals surface area contributed by atoms with Gasteiger partial charge in [0.05, 0.1) is 30.7 Å². The standard InChI is InChI=1S/C69H122NO9Si/c1-47(55-25-27-57-53-23-21-49-45-51(77-62(73)64(3,4)5)30-34-66(49,9)59(53)32-36-68(55,57)11)19-18-43-75-61(79-80(13)76-44-17-15-14-16-38-70(39-41-71)40-42-72)29-20-48(2)56-26-28-58-54-24-22-50-46-52(78-63(74)65(6,7)8)31-35-67(50,10)60(54)33-37-69(56,58)12/h47-61,71-72H,14-46H2,1-13H3/q+1/t47-,48-,49?,50?,51-,52-,53?,54?,55?,56?,57?,58?,59?,60?,61?,66+,67+,68-,69-/m1/s1. The number of hydrogen-bond donors (Lipinski definition) is 2. The van der Waals surface area contributed by atoms with Gasteiger partial charge in [-0.1, -0.05) is 54.4 Å². The molecule has 0 heterocycles. The van der Waals surface area contributed by atoms with Crippen LogP contribution in [0.4, 0.5) is 0 Å². The number of fused-ring (bicyclic) bond motifs is 10. The molecule has 11 unspecified atom stereocenters. The highest BCUT2D eigenvalue weighted by Gasteiger charge is 2.63. The fraction of sp³-hybridized carbons (Fsp3) is 0.971. The molecule has 8 aliphatic rings. The molecular weight excluding hydrogens is 1010 g/mol. The number of unbranched alkanes of at least 4 members (excludes halogenated alkanes) is 3. The van der Waals surface area contributed by atoms with Gasteiger partial charge in [-0.2, -0.15) is 4.43 Å². The zero-order valence-electron chi connectivity index (χ0n) is 53.7. The van der Waals surface area contributed by atoms with Gasteiger partial charge in [0.25, 0.3) is 0 Å². The van der Waals surface area contributed by atoms with E-state index in [1.807, 2.05) is 41.5 Å². The van der Waals surface area contributed by atoms with E-state index in [0.717, 1.165) is 138 Å². The van der Waals surface area contributed by atoms with Crippen molar-refractivity contribution in [3.05, 3.63) is 0 Å². The highest BCUT2D eigenvalue weighted by molar-refractivity contribution is 6.42. The minimum Gasteiger partial charge on any atom is -0.462 e. The zero-order chi connectivity index (χ0) is 57.8. The van der Waals surface area contributed by atoms with E-state index in [-0.39, 0.29) is 43.7 Å². The van der Waals surface area contributed by atoms with E-state index >= 15 is 0 Å². The second-order valence-corrected chi connectivity index (χ2v) is 33.5. The number of aliphatic hydroxyl groups is 2. The molecule has 0 radical (unpaired) electrons. The Balaban J connectivity index is 0.830. The van der Waals surface area contributed by atoms with E-state index in [1.54, 1.807) is 0 Å². The average Bonchev–Trinajstić information content (AvgIpc) is 4.06. The molecule has 8 fully saturated rings. The van der Waals surface area contributed by atoms with E-state index in [1.165, 1.54) is 96.3 Å². The number of aliphatic hydroxyl groups excluding tert-OH is 2. The molecule has 0 saturated heterocycles. The van der Waals surface area contributed by atoms with E-state index in [4.69, 9.17) is 23.1 Å². The molecule has 11 heteroatoms. The van der Waals surface area contributed by atoms with Crippen LogP contribution in [0.5, 0.6) is 0 Å². The largest absolute Gasteiger partial charge is 0.643 e. The summed E-state index contributed by atoms with van der Waals surface area (Å²) in [4.78, 5) is 27.9. The molecule has 10 nitrogen and oxygen atoms in total. The number of hydrogen-bond acceptors (Lipinski definition) is 10. The van der Waals surface area contributed by atoms with Crippen LogP contribution in [0.3, 0.4) is 0 Å². The van der Waals surface area contributed by atoms with Crippen molar-refractivity contribution in [2.45, 2.75) is 275 Å². The van der Waals surface area contributed by atoms with E-state index in [0.29, 0.717) is 58.4 Å². The lowest BCUT2D eigenvalue weighted by molar-refractivity contribution is -0.171. The third-order valence-electron chi connectivity index (χ3n) is 25.3. The lowest BCUT2D eigenvalue weighted by atomic mass is 9.44. The molecule has 80 heavy (non-hydrogen) atoms. The average molecular weight is 1140 g/mol. The fourth-order valence-electron chi connectivity index (χ4n) is 20.7. The van der Waals surface area contributed by atoms with Crippen molar-refractivity contribution in [3.63, 3.8) is 0 Å². The Bertz CT molecular complexity index is 1970. The van der Waals surface area contributed by atoms with Gasteiger partial charge < -0.3 is 24.4 Å². The van der Waals surface area contributed by atoms with Gasteiger partial charge in [0, 0.05) is 26.1 Å². The summed E-state index contributed by atoms with van der Waals surface area (Å²) < 4.78 is 32.5. The highest BCUT2D eigenvalue weighted by atomic mass is 28.3. The van der Waals surface area contributed by atoms with Gasteiger partial charge in [-0.3, -0.25) is 14.5 Å². The number of carbonyl (C=O) groups excluding carboxylic acids is 2. The molecule has 0 aromatic heterocycles. The SMILES string of the molecule is C[C@H](CCCOC(CC[C@@H](C)C1CCC2C3CCC4C[C@H](OC(=O)C(C)(C)C)CC[C@]4(C)C3CC[C@@]21C)O[Si+](C)OCCCCCCN(CCO)CCO)C1CCC2C3CCC4C[C@H](OC(=O)C(C)(C)C)CC[C@]4(C)C3CC[C@@]21C. The van der Waals surface area contributed by atoms with Crippen molar-refractivity contribution in [3.8, 4) is 0 Å². The molecule has 0 amide bonds. The molecule has 19 atom stereocenters. The monoisotopic (exact) mass is 1140 g/mol. The van der Waals surface area contributed by atoms with Crippen LogP contribution in [0.25, 0.3) is 0 Å². The minimum atomic E-state index is -1.50. The van der Waals surface area contributed by atoms with Gasteiger partial charge in [-0.05, 0) is 288 Å². The third-order valence-corrected chi connectivity index (χ3v) is 26.5. The Hall–Kier alpha value is -1.08. The molecule has 8 aliphatic carbocycles. The molecule has 0 aromatic rings. The minimum absolute atomic E-state index is 0.0333. The summed E-state index contributed by atoms with van der Waals surface area (Å²) in [5.41, 5.74) is 0.683. The third kappa shape index (κ3) is 14.5. The molecular formula is C69H122NO9Si+. The molecule has 8 saturated carbocycles. The zero-order valence-corrected chi connectivity index (χ0v) is 54.7. The smallest absolute Gasteiger partial charge is 0.462 e. The van der Waals surface area contributed by atoms with Crippen molar-refractivity contribution >= 4 is 21.2 Å². The maximum atomic E-state index is 12.9. The summed E-state index contributed by atoms with van der Waals surface area (Å²) >= 11 is 0. The van der Waals surface area contributed by atoms with E-state index in [9.17, 15) is 19.8 Å². The van der Waals surface area contributed by atoms with Gasteiger partial charge in [0.15, 0.2) is 6.29 Å². The van der Waals surface area contributed by atoms with E-state index in [2.05, 4.69) is 53.0 Å². The first-order chi connectivity index (χ1) is 37.8. The summed E-state index contributed by atoms with van der Waals surface area (Å²) in [6.07, 6.45) is 31.5. The van der Waals surface area contributed by atoms with Gasteiger partial charge in [0.1, 0.15) is 18.8 Å². The first-order valence-corrected chi connectivity index (χ1v) is 35.8. The van der Waals surface area contributed by atoms with Crippen molar-refractivity contribution < 1.29 is 42.9 Å². The number of esters is 2. The predicted molar refractivity (Wildman–Crippen MR) is 323 cm³/mol. The first-order valence-electron chi connectivity index (χ1n) is 34.0. The maximum absolute atomic E-state index is 12.9. The van der Waals surface area contributed by atoms with Crippen LogP contribution in [-0.2, 0) is 32.7 Å². The van der Waals surface area contributed by atoms with Crippen molar-refractivity contribution in [2.75, 3.05) is 46.1 Å². The molecule has 8 rings (SSSR count). The van der Waals surface area contributed by atoms with Crippen LogP contribution in [0, 0.1) is 104 Å². The quantitative estimate of drug-likeness (QED) is 0.0374. The summed E-state index contributed by atoms with van der Waals surface area (Å²) in [5.74, 6) is 9.03. The second kappa shape index (κ2) is 27.3. The Morgan fingerprint density at radius 2 is 1.00 bits per heavy atom. The number of nitrogens with zero attached hydrogens (tertiary/aromatic N) is 1. The second-order valence-electron chi connectivity index (χ2n) is 32.0. The van der Waals surface area contributed by atoms with Crippen LogP contribution in [-0.4, -0.2) is 101 Å². The Labute approximate surface area is 491 Å². The van der Waals surface area contributed by atoms with Crippen LogP contribution >= 0.6 is 0 Å². The van der Waals surface area contributed by atoms with Crippen LogP contribution in [0.15, 0.2) is 0 Å². The first kappa shape index (κ1) is 64.9. The molecule has 2 N–H and O–H groups in total. The summed E-state index contributed by atoms with van der Waals surface area (Å²) in [6.45, 7) is 33.8. The van der Waals surface area contributed by atoms with Crippen molar-refractivity contribution in [1.29, 1.82) is 0 Å². The van der Waals surface area contributed by atoms with Gasteiger partial charge in [0.2, 0.25) is 0 Å². The lowest BCUT2D eigenvalue weighted by Gasteiger charge is -2.61. The van der Waals surface area contributed by atoms with Gasteiger partial charge in [-0.15, -0.1) is 0 Å². The predicted octanol–water partition coefficient (Wildman–Crippen LogP) is 15.4. The van der Waals surface area contributed by atoms with Crippen LogP contribution < -0.4 is 0 Å². The van der Waals surface area contributed by atoms with Crippen LogP contribution in [0.2, 0.25) is 6.55 Å². The van der Waals surface area contributed by atoms with Gasteiger partial charge >= 0.3 is 21.2 Å². The summed E-state index contributed by atoms with van der Waals surface area (Å²) in [7, 11) is -1.50. The fourth-order valence-corrected chi connectivity index (χ4v) is 21.8. The highest BCUT2D eigenvalue weighted by Crippen LogP contribution is 2.70. The molecule has 0 spiro atoms. The number of rotatable bonds is 26. The van der Waals surface area contributed by atoms with Gasteiger partial charge in [-0.25, -0.2) is 4.43 Å². The van der Waals surface area contributed by atoms with Crippen LogP contribution in [0.1, 0.15) is 250 Å². The summed E-state index contributed by atoms with van der Waals surface area (Å²) in [5, 5.41) is 18.8. The molecule has 0 bridgehead atoms. The lowest BCUT2D eigenvalue weighted by Crippen LogP contribution is -2.54. The molecule has 0 aromatic carbocycles. The Morgan fingerprint density at radius 1 is 0.537 bits per heavy atom. The number of carbonyl (C=O) groups is 2. The topological polar surface area (TPSA) is 124 Å². The Morgan fingerprint density at radius 3 is 1.49 bits per heavy atom. The summed E-state index contributed by atoms with van der Waals surface area (Å²) in [6, 6.07) is 0.